The highest BCUT2D eigenvalue weighted by Crippen LogP contribution is 2.31. The summed E-state index contributed by atoms with van der Waals surface area (Å²) in [6.07, 6.45) is -0.886. The van der Waals surface area contributed by atoms with E-state index in [1.54, 1.807) is 18.2 Å². The molecular weight excluding hydrogens is 358 g/mol. The van der Waals surface area contributed by atoms with Gasteiger partial charge >= 0.3 is 0 Å². The predicted octanol–water partition coefficient (Wildman–Crippen LogP) is 5.80. The Hall–Kier alpha value is -2.62. The number of hydrogen-bond acceptors (Lipinski definition) is 2. The molecule has 27 heavy (non-hydrogen) atoms. The topological polar surface area (TPSA) is 49.3 Å². The first-order valence-electron chi connectivity index (χ1n) is 8.89. The smallest absolute Gasteiger partial charge is 0.255 e. The Morgan fingerprint density at radius 3 is 2.22 bits per heavy atom. The number of aliphatic hydroxyl groups is 1. The van der Waals surface area contributed by atoms with Crippen LogP contribution in [0.3, 0.4) is 0 Å². The van der Waals surface area contributed by atoms with Crippen molar-refractivity contribution < 1.29 is 9.90 Å². The minimum Gasteiger partial charge on any atom is -0.384 e. The van der Waals surface area contributed by atoms with Crippen molar-refractivity contribution in [2.75, 3.05) is 5.32 Å². The van der Waals surface area contributed by atoms with Gasteiger partial charge in [-0.2, -0.15) is 0 Å². The molecule has 0 bridgehead atoms. The molecule has 2 N–H and O–H groups in total. The highest BCUT2D eigenvalue weighted by Gasteiger charge is 2.17. The highest BCUT2D eigenvalue weighted by atomic mass is 35.5. The quantitative estimate of drug-likeness (QED) is 0.588. The normalized spacial score (nSPS) is 12.0. The standard InChI is InChI=1S/C23H22ClNO2/c1-15(2)16-8-10-18(11-9-16)23(27)25-21-13-12-19(24)14-20(21)22(26)17-6-4-3-5-7-17/h3-15,22,26H,1-2H3,(H,25,27). The molecule has 0 aliphatic rings. The second kappa shape index (κ2) is 8.38. The lowest BCUT2D eigenvalue weighted by atomic mass is 9.99. The Morgan fingerprint density at radius 1 is 0.926 bits per heavy atom. The van der Waals surface area contributed by atoms with E-state index < -0.39 is 6.10 Å². The van der Waals surface area contributed by atoms with Crippen LogP contribution in [0.1, 0.15) is 52.9 Å². The molecule has 3 aromatic rings. The molecule has 3 rings (SSSR count). The second-order valence-electron chi connectivity index (χ2n) is 6.78. The van der Waals surface area contributed by atoms with Crippen molar-refractivity contribution in [3.8, 4) is 0 Å². The number of amides is 1. The van der Waals surface area contributed by atoms with Crippen molar-refractivity contribution >= 4 is 23.2 Å². The molecule has 138 valence electrons. The van der Waals surface area contributed by atoms with Gasteiger partial charge in [0, 0.05) is 21.8 Å². The van der Waals surface area contributed by atoms with Crippen LogP contribution >= 0.6 is 11.6 Å². The second-order valence-corrected chi connectivity index (χ2v) is 7.21. The third-order valence-corrected chi connectivity index (χ3v) is 4.75. The van der Waals surface area contributed by atoms with E-state index in [0.717, 1.165) is 5.56 Å². The third-order valence-electron chi connectivity index (χ3n) is 4.51. The van der Waals surface area contributed by atoms with Gasteiger partial charge in [0.1, 0.15) is 6.10 Å². The molecule has 0 saturated heterocycles. The molecule has 0 aliphatic carbocycles. The summed E-state index contributed by atoms with van der Waals surface area (Å²) >= 11 is 6.13. The Kier molecular flexibility index (Phi) is 5.94. The minimum absolute atomic E-state index is 0.228. The lowest BCUT2D eigenvalue weighted by Crippen LogP contribution is -2.15. The van der Waals surface area contributed by atoms with Gasteiger partial charge in [0.2, 0.25) is 0 Å². The van der Waals surface area contributed by atoms with Gasteiger partial charge in [-0.3, -0.25) is 4.79 Å². The number of carbonyl (C=O) groups excluding carboxylic acids is 1. The van der Waals surface area contributed by atoms with Crippen LogP contribution in [0.15, 0.2) is 72.8 Å². The Labute approximate surface area is 164 Å². The predicted molar refractivity (Wildman–Crippen MR) is 110 cm³/mol. The summed E-state index contributed by atoms with van der Waals surface area (Å²) < 4.78 is 0. The van der Waals surface area contributed by atoms with Crippen LogP contribution in [0.25, 0.3) is 0 Å². The van der Waals surface area contributed by atoms with E-state index >= 15 is 0 Å². The molecule has 0 spiro atoms. The molecular formula is C23H22ClNO2. The first-order chi connectivity index (χ1) is 13.0. The van der Waals surface area contributed by atoms with Crippen molar-refractivity contribution in [2.45, 2.75) is 25.9 Å². The van der Waals surface area contributed by atoms with E-state index in [1.165, 1.54) is 5.56 Å². The molecule has 0 fully saturated rings. The average molecular weight is 380 g/mol. The van der Waals surface area contributed by atoms with Gasteiger partial charge in [-0.25, -0.2) is 0 Å². The van der Waals surface area contributed by atoms with Crippen molar-refractivity contribution in [3.05, 3.63) is 100 Å². The summed E-state index contributed by atoms with van der Waals surface area (Å²) in [6.45, 7) is 4.22. The van der Waals surface area contributed by atoms with Gasteiger partial charge < -0.3 is 10.4 Å². The van der Waals surface area contributed by atoms with Crippen LogP contribution in [-0.4, -0.2) is 11.0 Å². The molecule has 4 heteroatoms. The molecule has 0 saturated carbocycles. The van der Waals surface area contributed by atoms with Crippen molar-refractivity contribution in [2.24, 2.45) is 0 Å². The van der Waals surface area contributed by atoms with Gasteiger partial charge in [0.25, 0.3) is 5.91 Å². The maximum atomic E-state index is 12.7. The Bertz CT molecular complexity index is 921. The number of nitrogens with one attached hydrogen (secondary N) is 1. The van der Waals surface area contributed by atoms with Crippen molar-refractivity contribution in [3.63, 3.8) is 0 Å². The molecule has 0 heterocycles. The van der Waals surface area contributed by atoms with Crippen LogP contribution < -0.4 is 5.32 Å². The fourth-order valence-electron chi connectivity index (χ4n) is 2.90. The van der Waals surface area contributed by atoms with E-state index in [0.29, 0.717) is 27.8 Å². The number of anilines is 1. The number of hydrogen-bond donors (Lipinski definition) is 2. The Balaban J connectivity index is 1.87. The van der Waals surface area contributed by atoms with Gasteiger partial charge in [-0.05, 0) is 47.4 Å². The summed E-state index contributed by atoms with van der Waals surface area (Å²) in [7, 11) is 0. The molecule has 1 unspecified atom stereocenters. The molecule has 1 amide bonds. The summed E-state index contributed by atoms with van der Waals surface area (Å²) in [4.78, 5) is 12.7. The first-order valence-corrected chi connectivity index (χ1v) is 9.27. The van der Waals surface area contributed by atoms with E-state index in [4.69, 9.17) is 11.6 Å². The molecule has 0 aliphatic heterocycles. The van der Waals surface area contributed by atoms with E-state index in [9.17, 15) is 9.90 Å². The SMILES string of the molecule is CC(C)c1ccc(C(=O)Nc2ccc(Cl)cc2C(O)c2ccccc2)cc1. The van der Waals surface area contributed by atoms with Gasteiger partial charge in [0.05, 0.1) is 0 Å². The highest BCUT2D eigenvalue weighted by molar-refractivity contribution is 6.30. The van der Waals surface area contributed by atoms with Crippen LogP contribution in [0.2, 0.25) is 5.02 Å². The summed E-state index contributed by atoms with van der Waals surface area (Å²) in [5.41, 5.74) is 3.57. The fraction of sp³-hybridized carbons (Fsp3) is 0.174. The van der Waals surface area contributed by atoms with Crippen LogP contribution in [0, 0.1) is 0 Å². The lowest BCUT2D eigenvalue weighted by molar-refractivity contribution is 0.102. The number of benzene rings is 3. The van der Waals surface area contributed by atoms with Crippen LogP contribution in [0.5, 0.6) is 0 Å². The number of aliphatic hydroxyl groups excluding tert-OH is 1. The van der Waals surface area contributed by atoms with Crippen molar-refractivity contribution in [1.29, 1.82) is 0 Å². The third kappa shape index (κ3) is 4.57. The monoisotopic (exact) mass is 379 g/mol. The van der Waals surface area contributed by atoms with Crippen molar-refractivity contribution in [1.82, 2.24) is 0 Å². The first kappa shape index (κ1) is 19.2. The van der Waals surface area contributed by atoms with E-state index in [2.05, 4.69) is 19.2 Å². The van der Waals surface area contributed by atoms with Crippen LogP contribution in [-0.2, 0) is 0 Å². The number of carbonyl (C=O) groups is 1. The molecule has 3 nitrogen and oxygen atoms in total. The van der Waals surface area contributed by atoms with E-state index in [1.807, 2.05) is 54.6 Å². The zero-order valence-electron chi connectivity index (χ0n) is 15.3. The summed E-state index contributed by atoms with van der Waals surface area (Å²) in [5.74, 6) is 0.181. The molecule has 1 atom stereocenters. The molecule has 0 radical (unpaired) electrons. The number of rotatable bonds is 5. The lowest BCUT2D eigenvalue weighted by Gasteiger charge is -2.17. The maximum absolute atomic E-state index is 12.7. The molecule has 0 aromatic heterocycles. The Morgan fingerprint density at radius 2 is 1.59 bits per heavy atom. The average Bonchev–Trinajstić information content (AvgIpc) is 2.69. The zero-order chi connectivity index (χ0) is 19.4. The van der Waals surface area contributed by atoms with E-state index in [-0.39, 0.29) is 5.91 Å². The zero-order valence-corrected chi connectivity index (χ0v) is 16.1. The van der Waals surface area contributed by atoms with Crippen LogP contribution in [0.4, 0.5) is 5.69 Å². The van der Waals surface area contributed by atoms with Gasteiger partial charge in [0.15, 0.2) is 0 Å². The summed E-state index contributed by atoms with van der Waals surface area (Å²) in [6, 6.07) is 21.9. The largest absolute Gasteiger partial charge is 0.384 e. The number of halogens is 1. The maximum Gasteiger partial charge on any atom is 0.255 e. The fourth-order valence-corrected chi connectivity index (χ4v) is 3.08. The van der Waals surface area contributed by atoms with Gasteiger partial charge in [-0.1, -0.05) is 67.9 Å². The minimum atomic E-state index is -0.886. The summed E-state index contributed by atoms with van der Waals surface area (Å²) in [5, 5.41) is 14.2. The van der Waals surface area contributed by atoms with Gasteiger partial charge in [-0.15, -0.1) is 0 Å². The molecule has 3 aromatic carbocycles.